The van der Waals surface area contributed by atoms with E-state index in [-0.39, 0.29) is 5.91 Å². The van der Waals surface area contributed by atoms with E-state index in [0.717, 1.165) is 63.4 Å². The minimum absolute atomic E-state index is 0.0235. The number of hydrogen-bond donors (Lipinski definition) is 3. The van der Waals surface area contributed by atoms with Crippen LogP contribution in [0.1, 0.15) is 25.3 Å². The topological polar surface area (TPSA) is 92.2 Å². The molecular weight excluding hydrogens is 360 g/mol. The lowest BCUT2D eigenvalue weighted by Gasteiger charge is -2.29. The van der Waals surface area contributed by atoms with Crippen LogP contribution in [0.2, 0.25) is 0 Å². The molecule has 0 radical (unpaired) electrons. The first kappa shape index (κ1) is 20.3. The van der Waals surface area contributed by atoms with Crippen LogP contribution in [0.5, 0.6) is 0 Å². The van der Waals surface area contributed by atoms with Gasteiger partial charge in [0.2, 0.25) is 5.91 Å². The summed E-state index contributed by atoms with van der Waals surface area (Å²) < 4.78 is 5.32. The number of rotatable bonds is 5. The molecule has 1 saturated heterocycles. The van der Waals surface area contributed by atoms with E-state index in [1.54, 1.807) is 17.0 Å². The Balaban J connectivity index is 1.48. The highest BCUT2D eigenvalue weighted by Gasteiger charge is 2.21. The fraction of sp³-hybridized carbons (Fsp3) is 0.550. The number of carbonyl (C=O) groups excluding carboxylic acids is 3. The Morgan fingerprint density at radius 2 is 1.96 bits per heavy atom. The molecular formula is C20H29N4O4+. The van der Waals surface area contributed by atoms with Crippen LogP contribution in [-0.2, 0) is 25.5 Å². The van der Waals surface area contributed by atoms with Gasteiger partial charge in [0.25, 0.3) is 0 Å². The number of benzene rings is 1. The van der Waals surface area contributed by atoms with Gasteiger partial charge in [-0.1, -0.05) is 6.07 Å². The number of amides is 3. The number of quaternary nitrogens is 1. The fourth-order valence-electron chi connectivity index (χ4n) is 3.70. The van der Waals surface area contributed by atoms with Gasteiger partial charge in [-0.3, -0.25) is 14.4 Å². The molecule has 0 spiro atoms. The number of ether oxygens (including phenoxy) is 1. The number of morpholine rings is 1. The molecule has 2 aliphatic heterocycles. The molecule has 8 nitrogen and oxygen atoms in total. The van der Waals surface area contributed by atoms with Gasteiger partial charge in [-0.15, -0.1) is 0 Å². The molecule has 1 aromatic rings. The summed E-state index contributed by atoms with van der Waals surface area (Å²) in [5.74, 6) is -1.36. The number of anilines is 2. The van der Waals surface area contributed by atoms with Crippen LogP contribution < -0.4 is 20.4 Å². The summed E-state index contributed by atoms with van der Waals surface area (Å²) in [5, 5.41) is 5.30. The van der Waals surface area contributed by atoms with Crippen LogP contribution in [-0.4, -0.2) is 63.7 Å². The lowest BCUT2D eigenvalue weighted by Crippen LogP contribution is -3.14. The summed E-state index contributed by atoms with van der Waals surface area (Å²) in [4.78, 5) is 39.2. The Kier molecular flexibility index (Phi) is 7.00. The number of nitrogens with zero attached hydrogens (tertiary/aromatic N) is 1. The largest absolute Gasteiger partial charge is 0.370 e. The lowest BCUT2D eigenvalue weighted by molar-refractivity contribution is -0.908. The molecule has 3 amide bonds. The smallest absolute Gasteiger partial charge is 0.313 e. The van der Waals surface area contributed by atoms with Crippen molar-refractivity contribution in [2.24, 2.45) is 0 Å². The second kappa shape index (κ2) is 9.66. The molecule has 2 aliphatic rings. The number of hydrogen-bond acceptors (Lipinski definition) is 4. The van der Waals surface area contributed by atoms with Crippen LogP contribution in [0.3, 0.4) is 0 Å². The van der Waals surface area contributed by atoms with Crippen LogP contribution in [0.25, 0.3) is 0 Å². The van der Waals surface area contributed by atoms with Crippen molar-refractivity contribution in [1.82, 2.24) is 5.32 Å². The summed E-state index contributed by atoms with van der Waals surface area (Å²) >= 11 is 0. The molecule has 8 heteroatoms. The SMILES string of the molecule is CC(=O)N1CCCc2ccc(NC(=O)C(=O)NCCC[NH+]3CCOCC3)cc21. The van der Waals surface area contributed by atoms with Crippen molar-refractivity contribution in [2.75, 3.05) is 56.2 Å². The van der Waals surface area contributed by atoms with Crippen molar-refractivity contribution < 1.29 is 24.0 Å². The second-order valence-electron chi connectivity index (χ2n) is 7.29. The highest BCUT2D eigenvalue weighted by atomic mass is 16.5. The van der Waals surface area contributed by atoms with E-state index >= 15 is 0 Å². The minimum atomic E-state index is -0.691. The van der Waals surface area contributed by atoms with Gasteiger partial charge in [-0.05, 0) is 30.5 Å². The van der Waals surface area contributed by atoms with Crippen LogP contribution in [0, 0.1) is 0 Å². The number of carbonyl (C=O) groups is 3. The predicted octanol–water partition coefficient (Wildman–Crippen LogP) is -0.654. The van der Waals surface area contributed by atoms with Gasteiger partial charge in [-0.25, -0.2) is 0 Å². The number of aryl methyl sites for hydroxylation is 1. The van der Waals surface area contributed by atoms with Crippen molar-refractivity contribution >= 4 is 29.1 Å². The maximum atomic E-state index is 12.2. The summed E-state index contributed by atoms with van der Waals surface area (Å²) in [6.07, 6.45) is 2.65. The van der Waals surface area contributed by atoms with Gasteiger partial charge in [0.05, 0.1) is 19.8 Å². The quantitative estimate of drug-likeness (QED) is 0.461. The third-order valence-corrected chi connectivity index (χ3v) is 5.24. The monoisotopic (exact) mass is 389 g/mol. The van der Waals surface area contributed by atoms with E-state index in [1.165, 1.54) is 11.8 Å². The molecule has 2 heterocycles. The molecule has 0 aliphatic carbocycles. The van der Waals surface area contributed by atoms with Crippen molar-refractivity contribution in [3.63, 3.8) is 0 Å². The molecule has 1 aromatic carbocycles. The molecule has 3 rings (SSSR count). The van der Waals surface area contributed by atoms with E-state index in [9.17, 15) is 14.4 Å². The average molecular weight is 389 g/mol. The normalized spacial score (nSPS) is 17.0. The zero-order chi connectivity index (χ0) is 19.9. The first-order chi connectivity index (χ1) is 13.5. The molecule has 0 aromatic heterocycles. The van der Waals surface area contributed by atoms with Gasteiger partial charge in [0.15, 0.2) is 0 Å². The molecule has 28 heavy (non-hydrogen) atoms. The molecule has 3 N–H and O–H groups in total. The van der Waals surface area contributed by atoms with E-state index in [0.29, 0.717) is 18.8 Å². The van der Waals surface area contributed by atoms with Gasteiger partial charge in [0, 0.05) is 37.8 Å². The fourth-order valence-corrected chi connectivity index (χ4v) is 3.70. The maximum Gasteiger partial charge on any atom is 0.313 e. The standard InChI is InChI=1S/C20H28N4O4/c1-15(25)24-9-2-4-16-5-6-17(14-18(16)24)22-20(27)19(26)21-7-3-8-23-10-12-28-13-11-23/h5-6,14H,2-4,7-13H2,1H3,(H,21,26)(H,22,27)/p+1. The predicted molar refractivity (Wildman–Crippen MR) is 105 cm³/mol. The summed E-state index contributed by atoms with van der Waals surface area (Å²) in [7, 11) is 0. The summed E-state index contributed by atoms with van der Waals surface area (Å²) in [5.41, 5.74) is 2.41. The van der Waals surface area contributed by atoms with Crippen molar-refractivity contribution in [3.8, 4) is 0 Å². The highest BCUT2D eigenvalue weighted by molar-refractivity contribution is 6.39. The number of fused-ring (bicyclic) bond motifs is 1. The van der Waals surface area contributed by atoms with E-state index < -0.39 is 11.8 Å². The lowest BCUT2D eigenvalue weighted by atomic mass is 10.0. The first-order valence-electron chi connectivity index (χ1n) is 9.96. The zero-order valence-corrected chi connectivity index (χ0v) is 16.4. The Morgan fingerprint density at radius 1 is 1.18 bits per heavy atom. The Labute approximate surface area is 165 Å². The van der Waals surface area contributed by atoms with Crippen LogP contribution >= 0.6 is 0 Å². The van der Waals surface area contributed by atoms with Gasteiger partial charge in [0.1, 0.15) is 13.1 Å². The molecule has 152 valence electrons. The highest BCUT2D eigenvalue weighted by Crippen LogP contribution is 2.30. The Hall–Kier alpha value is -2.45. The maximum absolute atomic E-state index is 12.2. The first-order valence-corrected chi connectivity index (χ1v) is 9.96. The van der Waals surface area contributed by atoms with Gasteiger partial charge >= 0.3 is 11.8 Å². The van der Waals surface area contributed by atoms with Gasteiger partial charge in [-0.2, -0.15) is 0 Å². The Bertz CT molecular complexity index is 731. The average Bonchev–Trinajstić information content (AvgIpc) is 2.71. The third kappa shape index (κ3) is 5.30. The van der Waals surface area contributed by atoms with Gasteiger partial charge < -0.3 is 25.2 Å². The summed E-state index contributed by atoms with van der Waals surface area (Å²) in [6.45, 7) is 7.18. The van der Waals surface area contributed by atoms with Crippen molar-refractivity contribution in [2.45, 2.75) is 26.2 Å². The second-order valence-corrected chi connectivity index (χ2v) is 7.29. The summed E-state index contributed by atoms with van der Waals surface area (Å²) in [6, 6.07) is 5.45. The van der Waals surface area contributed by atoms with E-state index in [2.05, 4.69) is 10.6 Å². The van der Waals surface area contributed by atoms with Crippen molar-refractivity contribution in [3.05, 3.63) is 23.8 Å². The molecule has 0 bridgehead atoms. The third-order valence-electron chi connectivity index (χ3n) is 5.24. The molecule has 0 unspecified atom stereocenters. The van der Waals surface area contributed by atoms with Crippen LogP contribution in [0.15, 0.2) is 18.2 Å². The molecule has 0 saturated carbocycles. The van der Waals surface area contributed by atoms with Crippen molar-refractivity contribution in [1.29, 1.82) is 0 Å². The number of nitrogens with one attached hydrogen (secondary N) is 3. The molecule has 0 atom stereocenters. The van der Waals surface area contributed by atoms with Crippen LogP contribution in [0.4, 0.5) is 11.4 Å². The Morgan fingerprint density at radius 3 is 2.71 bits per heavy atom. The van der Waals surface area contributed by atoms with E-state index in [1.807, 2.05) is 6.07 Å². The zero-order valence-electron chi connectivity index (χ0n) is 16.4. The minimum Gasteiger partial charge on any atom is -0.370 e. The van der Waals surface area contributed by atoms with E-state index in [4.69, 9.17) is 4.74 Å². The molecule has 1 fully saturated rings.